The van der Waals surface area contributed by atoms with Crippen LogP contribution in [-0.4, -0.2) is 26.1 Å². The fraction of sp³-hybridized carbons (Fsp3) is 0.294. The molecule has 2 aromatic heterocycles. The van der Waals surface area contributed by atoms with Crippen LogP contribution in [0.5, 0.6) is 0 Å². The monoisotopic (exact) mass is 422 g/mol. The average Bonchev–Trinajstić information content (AvgIpc) is 2.64. The van der Waals surface area contributed by atoms with E-state index in [1.54, 1.807) is 22.8 Å². The molecule has 0 bridgehead atoms. The van der Waals surface area contributed by atoms with Gasteiger partial charge in [0.15, 0.2) is 5.82 Å². The van der Waals surface area contributed by atoms with Crippen LogP contribution < -0.4 is 28.1 Å². The van der Waals surface area contributed by atoms with Gasteiger partial charge >= 0.3 is 0 Å². The van der Waals surface area contributed by atoms with E-state index in [0.717, 1.165) is 0 Å². The van der Waals surface area contributed by atoms with Crippen molar-refractivity contribution in [1.29, 1.82) is 0 Å². The number of nitrogens with two attached hydrogens (primary N) is 3. The SMILES string of the molecule is CC(Nc1nc(N)nc(N)c1Cl)c1nc2cccc(Cl)c2c(=O)n1CCCN. The lowest BCUT2D eigenvalue weighted by Gasteiger charge is -2.21. The summed E-state index contributed by atoms with van der Waals surface area (Å²) >= 11 is 12.4. The Kier molecular flexibility index (Phi) is 5.87. The quantitative estimate of drug-likeness (QED) is 0.471. The number of hydrogen-bond acceptors (Lipinski definition) is 8. The summed E-state index contributed by atoms with van der Waals surface area (Å²) in [4.78, 5) is 25.6. The van der Waals surface area contributed by atoms with Gasteiger partial charge in [-0.1, -0.05) is 29.3 Å². The molecular weight excluding hydrogens is 403 g/mol. The lowest BCUT2D eigenvalue weighted by Crippen LogP contribution is -2.29. The number of nitrogens with zero attached hydrogens (tertiary/aromatic N) is 4. The van der Waals surface area contributed by atoms with Crippen molar-refractivity contribution in [3.63, 3.8) is 0 Å². The van der Waals surface area contributed by atoms with Crippen LogP contribution in [0.4, 0.5) is 17.6 Å². The first kappa shape index (κ1) is 20.1. The van der Waals surface area contributed by atoms with E-state index < -0.39 is 6.04 Å². The Bertz CT molecular complexity index is 1080. The summed E-state index contributed by atoms with van der Waals surface area (Å²) in [5, 5.41) is 3.96. The molecular formula is C17H20Cl2N8O. The van der Waals surface area contributed by atoms with Crippen LogP contribution in [-0.2, 0) is 6.54 Å². The van der Waals surface area contributed by atoms with E-state index in [4.69, 9.17) is 40.4 Å². The molecule has 1 atom stereocenters. The van der Waals surface area contributed by atoms with Crippen molar-refractivity contribution < 1.29 is 0 Å². The number of nitrogens with one attached hydrogen (secondary N) is 1. The number of hydrogen-bond donors (Lipinski definition) is 4. The third-order valence-corrected chi connectivity index (χ3v) is 4.87. The molecule has 2 heterocycles. The lowest BCUT2D eigenvalue weighted by atomic mass is 10.2. The number of nitrogen functional groups attached to an aromatic ring is 2. The first-order chi connectivity index (χ1) is 13.3. The molecule has 7 N–H and O–H groups in total. The number of halogens is 2. The maximum absolute atomic E-state index is 13.1. The Labute approximate surface area is 170 Å². The molecule has 3 aromatic rings. The normalized spacial score (nSPS) is 12.3. The Morgan fingerprint density at radius 3 is 2.68 bits per heavy atom. The molecule has 0 amide bonds. The van der Waals surface area contributed by atoms with Gasteiger partial charge in [0, 0.05) is 6.54 Å². The van der Waals surface area contributed by atoms with Gasteiger partial charge in [-0.15, -0.1) is 0 Å². The van der Waals surface area contributed by atoms with Crippen molar-refractivity contribution in [1.82, 2.24) is 19.5 Å². The summed E-state index contributed by atoms with van der Waals surface area (Å²) < 4.78 is 1.56. The average molecular weight is 423 g/mol. The maximum atomic E-state index is 13.1. The van der Waals surface area contributed by atoms with Crippen LogP contribution in [0.2, 0.25) is 10.0 Å². The first-order valence-corrected chi connectivity index (χ1v) is 9.33. The molecule has 9 nitrogen and oxygen atoms in total. The molecule has 3 rings (SSSR count). The van der Waals surface area contributed by atoms with Gasteiger partial charge in [0.1, 0.15) is 16.7 Å². The summed E-state index contributed by atoms with van der Waals surface area (Å²) in [6.45, 7) is 2.65. The third kappa shape index (κ3) is 3.82. The van der Waals surface area contributed by atoms with E-state index in [9.17, 15) is 4.79 Å². The minimum absolute atomic E-state index is 0.0182. The molecule has 1 unspecified atom stereocenters. The zero-order valence-electron chi connectivity index (χ0n) is 15.1. The zero-order chi connectivity index (χ0) is 20.4. The van der Waals surface area contributed by atoms with E-state index >= 15 is 0 Å². The van der Waals surface area contributed by atoms with Crippen LogP contribution in [0.25, 0.3) is 10.9 Å². The van der Waals surface area contributed by atoms with Crippen LogP contribution >= 0.6 is 23.2 Å². The Morgan fingerprint density at radius 1 is 1.21 bits per heavy atom. The molecule has 0 saturated heterocycles. The van der Waals surface area contributed by atoms with Crippen molar-refractivity contribution in [3.05, 3.63) is 44.4 Å². The lowest BCUT2D eigenvalue weighted by molar-refractivity contribution is 0.570. The molecule has 148 valence electrons. The topological polar surface area (TPSA) is 151 Å². The van der Waals surface area contributed by atoms with Crippen molar-refractivity contribution >= 4 is 51.7 Å². The minimum Gasteiger partial charge on any atom is -0.382 e. The number of rotatable bonds is 6. The number of benzene rings is 1. The largest absolute Gasteiger partial charge is 0.382 e. The second-order valence-electron chi connectivity index (χ2n) is 6.20. The standard InChI is InChI=1S/C17H20Cl2N8O/c1-8(23-14-12(19)13(21)25-17(22)26-14)15-24-10-5-2-4-9(18)11(10)16(28)27(15)7-3-6-20/h2,4-5,8H,3,6-7,20H2,1H3,(H5,21,22,23,25,26). The van der Waals surface area contributed by atoms with Gasteiger partial charge in [0.25, 0.3) is 5.56 Å². The molecule has 28 heavy (non-hydrogen) atoms. The summed E-state index contributed by atoms with van der Waals surface area (Å²) in [7, 11) is 0. The van der Waals surface area contributed by atoms with E-state index in [0.29, 0.717) is 41.3 Å². The molecule has 1 aromatic carbocycles. The van der Waals surface area contributed by atoms with E-state index in [1.165, 1.54) is 0 Å². The predicted molar refractivity (Wildman–Crippen MR) is 113 cm³/mol. The van der Waals surface area contributed by atoms with Crippen LogP contribution in [0.15, 0.2) is 23.0 Å². The smallest absolute Gasteiger partial charge is 0.262 e. The van der Waals surface area contributed by atoms with Crippen molar-refractivity contribution in [2.45, 2.75) is 25.9 Å². The molecule has 0 saturated carbocycles. The van der Waals surface area contributed by atoms with Crippen molar-refractivity contribution in [2.75, 3.05) is 23.3 Å². The van der Waals surface area contributed by atoms with Crippen LogP contribution in [0.1, 0.15) is 25.2 Å². The Morgan fingerprint density at radius 2 is 1.96 bits per heavy atom. The summed E-state index contributed by atoms with van der Waals surface area (Å²) in [5.41, 5.74) is 17.3. The van der Waals surface area contributed by atoms with Gasteiger partial charge < -0.3 is 22.5 Å². The predicted octanol–water partition coefficient (Wildman–Crippen LogP) is 2.18. The molecule has 0 aliphatic heterocycles. The fourth-order valence-electron chi connectivity index (χ4n) is 2.88. The number of fused-ring (bicyclic) bond motifs is 1. The highest BCUT2D eigenvalue weighted by molar-refractivity contribution is 6.35. The highest BCUT2D eigenvalue weighted by Gasteiger charge is 2.20. The molecule has 0 aliphatic rings. The van der Waals surface area contributed by atoms with Crippen molar-refractivity contribution in [2.24, 2.45) is 5.73 Å². The molecule has 11 heteroatoms. The number of anilines is 3. The van der Waals surface area contributed by atoms with Gasteiger partial charge in [-0.3, -0.25) is 9.36 Å². The Hall–Kier alpha value is -2.62. The fourth-order valence-corrected chi connectivity index (χ4v) is 3.27. The van der Waals surface area contributed by atoms with E-state index in [2.05, 4.69) is 20.3 Å². The maximum Gasteiger partial charge on any atom is 0.262 e. The Balaban J connectivity index is 2.12. The summed E-state index contributed by atoms with van der Waals surface area (Å²) in [6.07, 6.45) is 0.603. The highest BCUT2D eigenvalue weighted by Crippen LogP contribution is 2.29. The van der Waals surface area contributed by atoms with Gasteiger partial charge in [0.2, 0.25) is 5.95 Å². The van der Waals surface area contributed by atoms with E-state index in [1.807, 2.05) is 6.92 Å². The van der Waals surface area contributed by atoms with Gasteiger partial charge in [-0.25, -0.2) is 4.98 Å². The number of aromatic nitrogens is 4. The first-order valence-electron chi connectivity index (χ1n) is 8.57. The second-order valence-corrected chi connectivity index (χ2v) is 6.98. The minimum atomic E-state index is -0.444. The van der Waals surface area contributed by atoms with Crippen LogP contribution in [0, 0.1) is 0 Å². The summed E-state index contributed by atoms with van der Waals surface area (Å²) in [6, 6.07) is 4.69. The molecule has 0 fully saturated rings. The second kappa shape index (κ2) is 8.17. The van der Waals surface area contributed by atoms with Gasteiger partial charge in [-0.05, 0) is 32.0 Å². The summed E-state index contributed by atoms with van der Waals surface area (Å²) in [5.74, 6) is 0.781. The van der Waals surface area contributed by atoms with Crippen molar-refractivity contribution in [3.8, 4) is 0 Å². The third-order valence-electron chi connectivity index (χ3n) is 4.18. The molecule has 0 aliphatic carbocycles. The highest BCUT2D eigenvalue weighted by atomic mass is 35.5. The molecule has 0 spiro atoms. The van der Waals surface area contributed by atoms with E-state index in [-0.39, 0.29) is 28.2 Å². The van der Waals surface area contributed by atoms with Gasteiger partial charge in [0.05, 0.1) is 22.0 Å². The van der Waals surface area contributed by atoms with Gasteiger partial charge in [-0.2, -0.15) is 9.97 Å². The molecule has 0 radical (unpaired) electrons. The zero-order valence-corrected chi connectivity index (χ0v) is 16.6. The van der Waals surface area contributed by atoms with Crippen LogP contribution in [0.3, 0.4) is 0 Å².